The smallest absolute Gasteiger partial charge is 0.173 e. The maximum atomic E-state index is 13.2. The molecule has 1 aromatic heterocycles. The average Bonchev–Trinajstić information content (AvgIpc) is 2.78. The minimum Gasteiger partial charge on any atom is -0.384 e. The first kappa shape index (κ1) is 24.9. The zero-order valence-electron chi connectivity index (χ0n) is 20.8. The summed E-state index contributed by atoms with van der Waals surface area (Å²) in [6.45, 7) is 8.32. The number of nitrogens with zero attached hydrogens (tertiary/aromatic N) is 2. The lowest BCUT2D eigenvalue weighted by Crippen LogP contribution is -2.29. The second kappa shape index (κ2) is 8.50. The van der Waals surface area contributed by atoms with Crippen molar-refractivity contribution in [1.29, 1.82) is 0 Å². The number of aromatic nitrogens is 1. The first-order chi connectivity index (χ1) is 16.2. The maximum Gasteiger partial charge on any atom is 0.173 e. The number of fused-ring (bicyclic) bond motifs is 1. The lowest BCUT2D eigenvalue weighted by Gasteiger charge is -2.26. The Kier molecular flexibility index (Phi) is 6.06. The molecular formula is C28H30N2O4S. The third-order valence-electron chi connectivity index (χ3n) is 6.82. The van der Waals surface area contributed by atoms with Crippen LogP contribution in [0.4, 0.5) is 0 Å². The molecular weight excluding hydrogens is 460 g/mol. The Bertz CT molecular complexity index is 1510. The Morgan fingerprint density at radius 2 is 1.71 bits per heavy atom. The number of carbonyl (C=O) groups is 1. The Hall–Kier alpha value is -3.16. The van der Waals surface area contributed by atoms with Gasteiger partial charge in [-0.25, -0.2) is 8.42 Å². The predicted molar refractivity (Wildman–Crippen MR) is 140 cm³/mol. The summed E-state index contributed by atoms with van der Waals surface area (Å²) in [4.78, 5) is 22.2. The van der Waals surface area contributed by atoms with Crippen LogP contribution in [0.3, 0.4) is 0 Å². The van der Waals surface area contributed by atoms with Gasteiger partial charge in [-0.2, -0.15) is 0 Å². The lowest BCUT2D eigenvalue weighted by molar-refractivity contribution is -0.115. The van der Waals surface area contributed by atoms with Gasteiger partial charge in [0.25, 0.3) is 0 Å². The zero-order valence-corrected chi connectivity index (χ0v) is 21.6. The van der Waals surface area contributed by atoms with Crippen LogP contribution in [-0.4, -0.2) is 42.4 Å². The number of benzene rings is 2. The van der Waals surface area contributed by atoms with Crippen LogP contribution in [-0.2, 0) is 19.4 Å². The normalized spacial score (nSPS) is 17.3. The second-order valence-electron chi connectivity index (χ2n) is 10.2. The van der Waals surface area contributed by atoms with Gasteiger partial charge in [0.15, 0.2) is 15.6 Å². The number of aliphatic imine (C=N–C) groups is 1. The summed E-state index contributed by atoms with van der Waals surface area (Å²) in [5, 5.41) is 11.2. The van der Waals surface area contributed by atoms with Crippen molar-refractivity contribution in [3.05, 3.63) is 77.1 Å². The zero-order chi connectivity index (χ0) is 25.8. The van der Waals surface area contributed by atoms with E-state index in [0.717, 1.165) is 27.6 Å². The van der Waals surface area contributed by atoms with Gasteiger partial charge < -0.3 is 5.11 Å². The van der Waals surface area contributed by atoms with E-state index in [4.69, 9.17) is 0 Å². The molecule has 4 rings (SSSR count). The number of ketones is 1. The molecule has 0 spiro atoms. The molecule has 1 atom stereocenters. The predicted octanol–water partition coefficient (Wildman–Crippen LogP) is 4.96. The monoisotopic (exact) mass is 490 g/mol. The first-order valence-corrected chi connectivity index (χ1v) is 13.3. The van der Waals surface area contributed by atoms with Crippen LogP contribution in [0.1, 0.15) is 51.7 Å². The largest absolute Gasteiger partial charge is 0.384 e. The number of hydrogen-bond acceptors (Lipinski definition) is 6. The summed E-state index contributed by atoms with van der Waals surface area (Å²) in [6, 6.07) is 15.1. The Morgan fingerprint density at radius 1 is 1.00 bits per heavy atom. The Labute approximate surface area is 206 Å². The highest BCUT2D eigenvalue weighted by Gasteiger charge is 2.34. The molecule has 182 valence electrons. The van der Waals surface area contributed by atoms with Crippen LogP contribution in [0, 0.1) is 0 Å². The van der Waals surface area contributed by atoms with E-state index in [2.05, 4.69) is 9.98 Å². The van der Waals surface area contributed by atoms with Crippen LogP contribution in [0.25, 0.3) is 22.0 Å². The fourth-order valence-corrected chi connectivity index (χ4v) is 4.94. The van der Waals surface area contributed by atoms with E-state index in [1.165, 1.54) is 6.26 Å². The van der Waals surface area contributed by atoms with Crippen LogP contribution < -0.4 is 0 Å². The van der Waals surface area contributed by atoms with Crippen molar-refractivity contribution < 1.29 is 18.3 Å². The van der Waals surface area contributed by atoms with Gasteiger partial charge in [-0.05, 0) is 75.6 Å². The van der Waals surface area contributed by atoms with E-state index >= 15 is 0 Å². The summed E-state index contributed by atoms with van der Waals surface area (Å²) < 4.78 is 24.1. The van der Waals surface area contributed by atoms with Crippen molar-refractivity contribution in [1.82, 2.24) is 4.98 Å². The lowest BCUT2D eigenvalue weighted by atomic mass is 9.85. The average molecular weight is 491 g/mol. The highest BCUT2D eigenvalue weighted by atomic mass is 32.2. The minimum absolute atomic E-state index is 0.107. The minimum atomic E-state index is -3.39. The van der Waals surface area contributed by atoms with E-state index < -0.39 is 26.1 Å². The molecule has 35 heavy (non-hydrogen) atoms. The van der Waals surface area contributed by atoms with Gasteiger partial charge in [0.1, 0.15) is 5.60 Å². The molecule has 7 heteroatoms. The van der Waals surface area contributed by atoms with Crippen LogP contribution in [0.2, 0.25) is 0 Å². The van der Waals surface area contributed by atoms with E-state index in [1.807, 2.05) is 48.5 Å². The number of allylic oxidation sites excluding steroid dienone is 1. The molecule has 2 heterocycles. The van der Waals surface area contributed by atoms with Gasteiger partial charge in [-0.1, -0.05) is 24.3 Å². The number of aliphatic hydroxyl groups is 1. The highest BCUT2D eigenvalue weighted by molar-refractivity contribution is 7.91. The number of Topliss-reactive ketones (excluding diaryl/α,β-unsaturated/α-hetero) is 1. The van der Waals surface area contributed by atoms with Gasteiger partial charge in [0.05, 0.1) is 21.9 Å². The van der Waals surface area contributed by atoms with E-state index in [1.54, 1.807) is 47.0 Å². The number of hydrogen-bond donors (Lipinski definition) is 1. The Morgan fingerprint density at radius 3 is 2.37 bits per heavy atom. The van der Waals surface area contributed by atoms with Crippen LogP contribution in [0.15, 0.2) is 71.0 Å². The van der Waals surface area contributed by atoms with Crippen molar-refractivity contribution in [3.8, 4) is 11.1 Å². The van der Waals surface area contributed by atoms with Crippen LogP contribution >= 0.6 is 0 Å². The fraction of sp³-hybridized carbons (Fsp3) is 0.321. The number of rotatable bonds is 5. The van der Waals surface area contributed by atoms with Gasteiger partial charge in [0.2, 0.25) is 0 Å². The van der Waals surface area contributed by atoms with Crippen molar-refractivity contribution >= 4 is 32.7 Å². The Balaban J connectivity index is 1.86. The molecule has 0 radical (unpaired) electrons. The fourth-order valence-electron chi connectivity index (χ4n) is 4.39. The standard InChI is InChI=1S/C28H30N2O4S/c1-17-25(31)23(16-30-26(17)27(2,3)32)19-10-7-9-18(13-19)22-15-21(28(4,5)35(6,33)34)14-20-11-8-12-29-24(20)22/h7-16,23,32H,1-6H3. The summed E-state index contributed by atoms with van der Waals surface area (Å²) in [7, 11) is -3.39. The first-order valence-electron chi connectivity index (χ1n) is 11.4. The SMILES string of the molecule is CC1=C(C(C)(C)O)N=CC(c2cccc(-c3cc(C(C)(C)S(C)(=O)=O)cc4cccnc34)c2)C1=O. The molecule has 1 N–H and O–H groups in total. The second-order valence-corrected chi connectivity index (χ2v) is 12.7. The summed E-state index contributed by atoms with van der Waals surface area (Å²) in [5.74, 6) is -0.680. The van der Waals surface area contributed by atoms with E-state index in [-0.39, 0.29) is 5.78 Å². The molecule has 0 saturated heterocycles. The molecule has 3 aromatic rings. The number of pyridine rings is 1. The van der Waals surface area contributed by atoms with Crippen molar-refractivity contribution in [2.45, 2.75) is 50.9 Å². The molecule has 1 aliphatic rings. The van der Waals surface area contributed by atoms with Crippen molar-refractivity contribution in [3.63, 3.8) is 0 Å². The molecule has 0 aliphatic carbocycles. The molecule has 0 bridgehead atoms. The number of carbonyl (C=O) groups excluding carboxylic acids is 1. The van der Waals surface area contributed by atoms with E-state index in [9.17, 15) is 18.3 Å². The van der Waals surface area contributed by atoms with Gasteiger partial charge in [-0.15, -0.1) is 0 Å². The number of sulfone groups is 1. The third kappa shape index (κ3) is 4.46. The maximum absolute atomic E-state index is 13.2. The molecule has 6 nitrogen and oxygen atoms in total. The summed E-state index contributed by atoms with van der Waals surface area (Å²) in [6.07, 6.45) is 4.54. The van der Waals surface area contributed by atoms with Crippen molar-refractivity contribution in [2.24, 2.45) is 4.99 Å². The topological polar surface area (TPSA) is 96.7 Å². The molecule has 0 amide bonds. The highest BCUT2D eigenvalue weighted by Crippen LogP contribution is 2.38. The van der Waals surface area contributed by atoms with Gasteiger partial charge >= 0.3 is 0 Å². The van der Waals surface area contributed by atoms with Gasteiger partial charge in [-0.3, -0.25) is 14.8 Å². The van der Waals surface area contributed by atoms with Crippen molar-refractivity contribution in [2.75, 3.05) is 6.26 Å². The summed E-state index contributed by atoms with van der Waals surface area (Å²) >= 11 is 0. The third-order valence-corrected chi connectivity index (χ3v) is 8.91. The molecule has 0 fully saturated rings. The van der Waals surface area contributed by atoms with Gasteiger partial charge in [0, 0.05) is 35.2 Å². The molecule has 2 aromatic carbocycles. The van der Waals surface area contributed by atoms with E-state index in [0.29, 0.717) is 16.8 Å². The van der Waals surface area contributed by atoms with Crippen LogP contribution in [0.5, 0.6) is 0 Å². The molecule has 0 saturated carbocycles. The molecule has 1 aliphatic heterocycles. The molecule has 1 unspecified atom stereocenters. The summed E-state index contributed by atoms with van der Waals surface area (Å²) in [5.41, 5.74) is 3.42. The quantitative estimate of drug-likeness (QED) is 0.545.